The van der Waals surface area contributed by atoms with Crippen LogP contribution >= 0.6 is 23.4 Å². The van der Waals surface area contributed by atoms with Gasteiger partial charge in [-0.05, 0) is 24.5 Å². The Hall–Kier alpha value is -0.340. The van der Waals surface area contributed by atoms with Gasteiger partial charge in [0, 0.05) is 11.8 Å². The van der Waals surface area contributed by atoms with Crippen LogP contribution in [0.15, 0.2) is 18.2 Å². The molecule has 3 heteroatoms. The fraction of sp³-hybridized carbons (Fsp3) is 0.333. The zero-order valence-electron chi connectivity index (χ0n) is 6.84. The van der Waals surface area contributed by atoms with Crippen molar-refractivity contribution < 1.29 is 4.74 Å². The first kappa shape index (κ1) is 9.75. The zero-order chi connectivity index (χ0) is 8.81. The lowest BCUT2D eigenvalue weighted by Gasteiger charge is -2.03. The molecule has 0 atom stereocenters. The number of halogens is 1. The van der Waals surface area contributed by atoms with Gasteiger partial charge < -0.3 is 4.74 Å². The van der Waals surface area contributed by atoms with Crippen LogP contribution in [0, 0.1) is 6.07 Å². The molecule has 12 heavy (non-hydrogen) atoms. The van der Waals surface area contributed by atoms with E-state index in [-0.39, 0.29) is 0 Å². The molecule has 0 spiro atoms. The number of hydrogen-bond donors (Lipinski definition) is 0. The van der Waals surface area contributed by atoms with Crippen molar-refractivity contribution in [1.82, 2.24) is 0 Å². The van der Waals surface area contributed by atoms with Gasteiger partial charge in [-0.2, -0.15) is 11.8 Å². The van der Waals surface area contributed by atoms with E-state index >= 15 is 0 Å². The Balaban J connectivity index is 2.41. The summed E-state index contributed by atoms with van der Waals surface area (Å²) in [6.45, 7) is 0.724. The molecule has 65 valence electrons. The Kier molecular flexibility index (Phi) is 4.33. The minimum absolute atomic E-state index is 0.594. The van der Waals surface area contributed by atoms with Crippen LogP contribution in [0.3, 0.4) is 0 Å². The van der Waals surface area contributed by atoms with Gasteiger partial charge in [-0.15, -0.1) is 0 Å². The molecule has 1 radical (unpaired) electrons. The summed E-state index contributed by atoms with van der Waals surface area (Å²) >= 11 is 7.48. The molecule has 0 aliphatic heterocycles. The molecule has 0 bridgehead atoms. The molecule has 1 aromatic carbocycles. The second-order valence-corrected chi connectivity index (χ2v) is 3.61. The SMILES string of the molecule is CSCCOc1cc[c]c(Cl)c1. The smallest absolute Gasteiger partial charge is 0.120 e. The maximum absolute atomic E-state index is 5.72. The molecule has 0 heterocycles. The molecular weight excluding hydrogens is 192 g/mol. The summed E-state index contributed by atoms with van der Waals surface area (Å²) in [5, 5.41) is 0.594. The van der Waals surface area contributed by atoms with E-state index < -0.39 is 0 Å². The van der Waals surface area contributed by atoms with Gasteiger partial charge in [0.25, 0.3) is 0 Å². The van der Waals surface area contributed by atoms with Crippen molar-refractivity contribution >= 4 is 23.4 Å². The van der Waals surface area contributed by atoms with Crippen LogP contribution in [0.2, 0.25) is 5.02 Å². The van der Waals surface area contributed by atoms with Crippen LogP contribution in [0.25, 0.3) is 0 Å². The maximum atomic E-state index is 5.72. The second-order valence-electron chi connectivity index (χ2n) is 2.21. The molecular formula is C9H10ClOS. The maximum Gasteiger partial charge on any atom is 0.120 e. The quantitative estimate of drug-likeness (QED) is 0.693. The van der Waals surface area contributed by atoms with E-state index in [2.05, 4.69) is 12.3 Å². The lowest BCUT2D eigenvalue weighted by atomic mass is 10.3. The molecule has 0 aliphatic carbocycles. The number of thioether (sulfide) groups is 1. The van der Waals surface area contributed by atoms with Crippen molar-refractivity contribution in [2.24, 2.45) is 0 Å². The third kappa shape index (κ3) is 3.37. The fourth-order valence-electron chi connectivity index (χ4n) is 0.751. The monoisotopic (exact) mass is 201 g/mol. The largest absolute Gasteiger partial charge is 0.493 e. The Bertz CT molecular complexity index is 240. The Labute approximate surface area is 82.1 Å². The summed E-state index contributed by atoms with van der Waals surface area (Å²) in [6.07, 6.45) is 2.05. The summed E-state index contributed by atoms with van der Waals surface area (Å²) in [6, 6.07) is 8.22. The van der Waals surface area contributed by atoms with E-state index in [9.17, 15) is 0 Å². The van der Waals surface area contributed by atoms with Crippen LogP contribution in [0.1, 0.15) is 0 Å². The highest BCUT2D eigenvalue weighted by Crippen LogP contribution is 2.16. The van der Waals surface area contributed by atoms with E-state index in [0.29, 0.717) is 5.02 Å². The van der Waals surface area contributed by atoms with Crippen LogP contribution < -0.4 is 4.74 Å². The van der Waals surface area contributed by atoms with E-state index in [4.69, 9.17) is 16.3 Å². The third-order valence-corrected chi connectivity index (χ3v) is 2.09. The van der Waals surface area contributed by atoms with Crippen molar-refractivity contribution in [3.05, 3.63) is 29.3 Å². The van der Waals surface area contributed by atoms with E-state index in [0.717, 1.165) is 18.1 Å². The molecule has 1 nitrogen and oxygen atoms in total. The molecule has 0 saturated carbocycles. The van der Waals surface area contributed by atoms with Crippen molar-refractivity contribution in [3.63, 3.8) is 0 Å². The standard InChI is InChI=1S/C9H10ClOS/c1-12-6-5-11-9-4-2-3-8(10)7-9/h2,4,7H,5-6H2,1H3. The molecule has 0 saturated heterocycles. The van der Waals surface area contributed by atoms with Gasteiger partial charge in [-0.25, -0.2) is 0 Å². The fourth-order valence-corrected chi connectivity index (χ4v) is 1.17. The number of hydrogen-bond acceptors (Lipinski definition) is 2. The number of ether oxygens (including phenoxy) is 1. The van der Waals surface area contributed by atoms with Gasteiger partial charge in [0.15, 0.2) is 0 Å². The van der Waals surface area contributed by atoms with Crippen molar-refractivity contribution in [2.75, 3.05) is 18.6 Å². The van der Waals surface area contributed by atoms with Gasteiger partial charge >= 0.3 is 0 Å². The Morgan fingerprint density at radius 1 is 1.67 bits per heavy atom. The average molecular weight is 202 g/mol. The predicted octanol–water partition coefficient (Wildman–Crippen LogP) is 2.88. The second kappa shape index (κ2) is 5.33. The van der Waals surface area contributed by atoms with Crippen LogP contribution in [-0.4, -0.2) is 18.6 Å². The van der Waals surface area contributed by atoms with Crippen LogP contribution in [-0.2, 0) is 0 Å². The van der Waals surface area contributed by atoms with Crippen LogP contribution in [0.4, 0.5) is 0 Å². The first-order valence-corrected chi connectivity index (χ1v) is 5.39. The lowest BCUT2D eigenvalue weighted by Crippen LogP contribution is -1.99. The predicted molar refractivity (Wildman–Crippen MR) is 54.2 cm³/mol. The molecule has 0 N–H and O–H groups in total. The molecule has 0 amide bonds. The summed E-state index contributed by atoms with van der Waals surface area (Å²) in [7, 11) is 0. The van der Waals surface area contributed by atoms with E-state index in [1.165, 1.54) is 0 Å². The highest BCUT2D eigenvalue weighted by Gasteiger charge is 1.93. The van der Waals surface area contributed by atoms with Gasteiger partial charge in [-0.3, -0.25) is 0 Å². The molecule has 0 aliphatic rings. The highest BCUT2D eigenvalue weighted by atomic mass is 35.5. The molecule has 0 fully saturated rings. The minimum Gasteiger partial charge on any atom is -0.493 e. The van der Waals surface area contributed by atoms with Crippen molar-refractivity contribution in [3.8, 4) is 5.75 Å². The topological polar surface area (TPSA) is 9.23 Å². The first-order valence-electron chi connectivity index (χ1n) is 3.62. The zero-order valence-corrected chi connectivity index (χ0v) is 8.41. The minimum atomic E-state index is 0.594. The van der Waals surface area contributed by atoms with E-state index in [1.807, 2.05) is 6.07 Å². The highest BCUT2D eigenvalue weighted by molar-refractivity contribution is 7.98. The lowest BCUT2D eigenvalue weighted by molar-refractivity contribution is 0.344. The molecule has 1 rings (SSSR count). The summed E-state index contributed by atoms with van der Waals surface area (Å²) in [4.78, 5) is 0. The normalized spacial score (nSPS) is 9.83. The van der Waals surface area contributed by atoms with Gasteiger partial charge in [0.05, 0.1) is 11.6 Å². The number of rotatable bonds is 4. The van der Waals surface area contributed by atoms with Gasteiger partial charge in [-0.1, -0.05) is 11.6 Å². The average Bonchev–Trinajstić information content (AvgIpc) is 2.05. The van der Waals surface area contributed by atoms with E-state index in [1.54, 1.807) is 23.9 Å². The Morgan fingerprint density at radius 2 is 2.50 bits per heavy atom. The third-order valence-electron chi connectivity index (χ3n) is 1.29. The molecule has 1 aromatic rings. The molecule has 0 aromatic heterocycles. The number of benzene rings is 1. The molecule has 0 unspecified atom stereocenters. The summed E-state index contributed by atoms with van der Waals surface area (Å²) in [5.74, 6) is 1.81. The van der Waals surface area contributed by atoms with Crippen molar-refractivity contribution in [2.45, 2.75) is 0 Å². The first-order chi connectivity index (χ1) is 5.83. The summed E-state index contributed by atoms with van der Waals surface area (Å²) in [5.41, 5.74) is 0. The van der Waals surface area contributed by atoms with Crippen LogP contribution in [0.5, 0.6) is 5.75 Å². The Morgan fingerprint density at radius 3 is 3.17 bits per heavy atom. The van der Waals surface area contributed by atoms with Crippen molar-refractivity contribution in [1.29, 1.82) is 0 Å². The van der Waals surface area contributed by atoms with Gasteiger partial charge in [0.2, 0.25) is 0 Å². The summed E-state index contributed by atoms with van der Waals surface area (Å²) < 4.78 is 5.40. The van der Waals surface area contributed by atoms with Gasteiger partial charge in [0.1, 0.15) is 5.75 Å².